The Morgan fingerprint density at radius 2 is 1.89 bits per heavy atom. The van der Waals surface area contributed by atoms with Gasteiger partial charge in [-0.2, -0.15) is 0 Å². The zero-order chi connectivity index (χ0) is 19.3. The molecule has 1 aliphatic rings. The van der Waals surface area contributed by atoms with Gasteiger partial charge in [0.15, 0.2) is 15.0 Å². The Morgan fingerprint density at radius 1 is 1.19 bits per heavy atom. The summed E-state index contributed by atoms with van der Waals surface area (Å²) in [6, 6.07) is 8.25. The molecule has 0 saturated heterocycles. The fourth-order valence-electron chi connectivity index (χ4n) is 3.00. The van der Waals surface area contributed by atoms with E-state index in [2.05, 4.69) is 10.2 Å². The van der Waals surface area contributed by atoms with Gasteiger partial charge in [-0.25, -0.2) is 8.42 Å². The highest BCUT2D eigenvalue weighted by molar-refractivity contribution is 7.99. The van der Waals surface area contributed by atoms with E-state index in [9.17, 15) is 13.2 Å². The Balaban J connectivity index is 1.57. The Bertz CT molecular complexity index is 875. The number of hydrogen-bond acceptors (Lipinski definition) is 7. The molecular weight excluding hydrogens is 386 g/mol. The molecule has 0 atom stereocenters. The molecule has 1 fully saturated rings. The molecule has 1 aliphatic carbocycles. The molecule has 9 heteroatoms. The number of esters is 1. The largest absolute Gasteiger partial charge is 0.462 e. The third-order valence-corrected chi connectivity index (χ3v) is 7.14. The third-order valence-electron chi connectivity index (χ3n) is 4.52. The van der Waals surface area contributed by atoms with Crippen LogP contribution in [-0.2, 0) is 32.2 Å². The van der Waals surface area contributed by atoms with Crippen molar-refractivity contribution < 1.29 is 17.9 Å². The van der Waals surface area contributed by atoms with Crippen LogP contribution in [0.5, 0.6) is 0 Å². The average Bonchev–Trinajstić information content (AvgIpc) is 3.01. The van der Waals surface area contributed by atoms with Gasteiger partial charge in [0.1, 0.15) is 17.7 Å². The van der Waals surface area contributed by atoms with Crippen molar-refractivity contribution in [3.63, 3.8) is 0 Å². The molecule has 1 heterocycles. The smallest absolute Gasteiger partial charge is 0.316 e. The predicted octanol–water partition coefficient (Wildman–Crippen LogP) is 2.76. The molecular formula is C18H23N3O4S2. The first-order valence-electron chi connectivity index (χ1n) is 8.94. The molecule has 1 aromatic carbocycles. The van der Waals surface area contributed by atoms with Crippen LogP contribution in [0.25, 0.3) is 0 Å². The van der Waals surface area contributed by atoms with E-state index in [1.54, 1.807) is 41.9 Å². The topological polar surface area (TPSA) is 91.1 Å². The van der Waals surface area contributed by atoms with Crippen molar-refractivity contribution in [3.05, 3.63) is 36.2 Å². The Labute approximate surface area is 163 Å². The van der Waals surface area contributed by atoms with Gasteiger partial charge in [-0.1, -0.05) is 36.4 Å². The zero-order valence-corrected chi connectivity index (χ0v) is 16.8. The Morgan fingerprint density at radius 3 is 2.59 bits per heavy atom. The highest BCUT2D eigenvalue weighted by Gasteiger charge is 2.21. The van der Waals surface area contributed by atoms with Crippen molar-refractivity contribution in [1.29, 1.82) is 0 Å². The number of hydrogen-bond donors (Lipinski definition) is 0. The lowest BCUT2D eigenvalue weighted by Gasteiger charge is -2.21. The maximum absolute atomic E-state index is 12.5. The van der Waals surface area contributed by atoms with E-state index < -0.39 is 9.84 Å². The number of carbonyl (C=O) groups excluding carboxylic acids is 1. The van der Waals surface area contributed by atoms with Gasteiger partial charge in [-0.3, -0.25) is 4.79 Å². The molecule has 0 N–H and O–H groups in total. The summed E-state index contributed by atoms with van der Waals surface area (Å²) in [7, 11) is -1.80. The van der Waals surface area contributed by atoms with Gasteiger partial charge in [0, 0.05) is 7.05 Å². The third kappa shape index (κ3) is 5.32. The van der Waals surface area contributed by atoms with E-state index in [1.165, 1.54) is 18.2 Å². The fourth-order valence-corrected chi connectivity index (χ4v) is 5.05. The Kier molecular flexibility index (Phi) is 6.54. The first-order valence-corrected chi connectivity index (χ1v) is 11.6. The summed E-state index contributed by atoms with van der Waals surface area (Å²) in [6.45, 7) is 0. The van der Waals surface area contributed by atoms with Crippen LogP contribution in [0.2, 0.25) is 0 Å². The normalized spacial score (nSPS) is 15.6. The van der Waals surface area contributed by atoms with Gasteiger partial charge in [0.2, 0.25) is 0 Å². The zero-order valence-electron chi connectivity index (χ0n) is 15.2. The van der Waals surface area contributed by atoms with E-state index in [1.807, 2.05) is 0 Å². The number of aromatic nitrogens is 3. The first-order chi connectivity index (χ1) is 13.0. The highest BCUT2D eigenvalue weighted by Crippen LogP contribution is 2.23. The number of benzene rings is 1. The standard InChI is InChI=1S/C18H23N3O4S2/c1-21-16(13-27(23,24)15-10-6-3-7-11-15)19-20-18(21)26-12-17(22)25-14-8-4-2-5-9-14/h3,6-7,10-11,14H,2,4-5,8-9,12-13H2,1H3. The summed E-state index contributed by atoms with van der Waals surface area (Å²) in [5.74, 6) is -0.0445. The van der Waals surface area contributed by atoms with Crippen LogP contribution in [0.15, 0.2) is 40.4 Å². The van der Waals surface area contributed by atoms with E-state index in [0.717, 1.165) is 25.7 Å². The summed E-state index contributed by atoms with van der Waals surface area (Å²) in [4.78, 5) is 12.3. The van der Waals surface area contributed by atoms with Crippen LogP contribution in [0.1, 0.15) is 37.9 Å². The minimum Gasteiger partial charge on any atom is -0.462 e. The number of ether oxygens (including phenoxy) is 1. The number of rotatable bonds is 7. The van der Waals surface area contributed by atoms with Crippen molar-refractivity contribution >= 4 is 27.6 Å². The molecule has 0 bridgehead atoms. The molecule has 0 unspecified atom stereocenters. The van der Waals surface area contributed by atoms with Crippen LogP contribution >= 0.6 is 11.8 Å². The second-order valence-electron chi connectivity index (χ2n) is 6.57. The molecule has 0 aliphatic heterocycles. The van der Waals surface area contributed by atoms with Crippen molar-refractivity contribution in [2.24, 2.45) is 7.05 Å². The summed E-state index contributed by atoms with van der Waals surface area (Å²) in [5, 5.41) is 8.49. The lowest BCUT2D eigenvalue weighted by atomic mass is 9.98. The maximum atomic E-state index is 12.5. The van der Waals surface area contributed by atoms with Crippen molar-refractivity contribution in [2.45, 2.75) is 54.0 Å². The molecule has 146 valence electrons. The minimum atomic E-state index is -3.50. The fraction of sp³-hybridized carbons (Fsp3) is 0.500. The van der Waals surface area contributed by atoms with Crippen LogP contribution in [0.3, 0.4) is 0 Å². The molecule has 3 rings (SSSR count). The molecule has 0 spiro atoms. The van der Waals surface area contributed by atoms with Crippen molar-refractivity contribution in [1.82, 2.24) is 14.8 Å². The summed E-state index contributed by atoms with van der Waals surface area (Å²) >= 11 is 1.21. The monoisotopic (exact) mass is 409 g/mol. The van der Waals surface area contributed by atoms with E-state index in [4.69, 9.17) is 4.74 Å². The van der Waals surface area contributed by atoms with Gasteiger partial charge in [0.25, 0.3) is 0 Å². The second-order valence-corrected chi connectivity index (χ2v) is 9.50. The highest BCUT2D eigenvalue weighted by atomic mass is 32.2. The SMILES string of the molecule is Cn1c(CS(=O)(=O)c2ccccc2)nnc1SCC(=O)OC1CCCCC1. The Hall–Kier alpha value is -1.87. The second kappa shape index (κ2) is 8.88. The quantitative estimate of drug-likeness (QED) is 0.513. The molecule has 7 nitrogen and oxygen atoms in total. The van der Waals surface area contributed by atoms with Gasteiger partial charge >= 0.3 is 5.97 Å². The number of thioether (sulfide) groups is 1. The van der Waals surface area contributed by atoms with Crippen LogP contribution < -0.4 is 0 Å². The average molecular weight is 410 g/mol. The van der Waals surface area contributed by atoms with Gasteiger partial charge in [0.05, 0.1) is 10.6 Å². The van der Waals surface area contributed by atoms with Crippen LogP contribution in [-0.4, -0.2) is 41.0 Å². The lowest BCUT2D eigenvalue weighted by molar-refractivity contribution is -0.147. The first kappa shape index (κ1) is 19.9. The summed E-state index contributed by atoms with van der Waals surface area (Å²) in [5.41, 5.74) is 0. The van der Waals surface area contributed by atoms with Crippen molar-refractivity contribution in [3.8, 4) is 0 Å². The van der Waals surface area contributed by atoms with Crippen molar-refractivity contribution in [2.75, 3.05) is 5.75 Å². The van der Waals surface area contributed by atoms with Gasteiger partial charge in [-0.15, -0.1) is 10.2 Å². The number of carbonyl (C=O) groups is 1. The molecule has 0 radical (unpaired) electrons. The number of nitrogens with zero attached hydrogens (tertiary/aromatic N) is 3. The molecule has 1 aromatic heterocycles. The van der Waals surface area contributed by atoms with Crippen LogP contribution in [0, 0.1) is 0 Å². The van der Waals surface area contributed by atoms with E-state index in [-0.39, 0.29) is 28.5 Å². The van der Waals surface area contributed by atoms with Crippen LogP contribution in [0.4, 0.5) is 0 Å². The van der Waals surface area contributed by atoms with Gasteiger partial charge < -0.3 is 9.30 Å². The minimum absolute atomic E-state index is 0.0259. The molecule has 0 amide bonds. The molecule has 2 aromatic rings. The maximum Gasteiger partial charge on any atom is 0.316 e. The molecule has 1 saturated carbocycles. The summed E-state index contributed by atoms with van der Waals surface area (Å²) < 4.78 is 32.1. The number of sulfone groups is 1. The molecule has 27 heavy (non-hydrogen) atoms. The predicted molar refractivity (Wildman–Crippen MR) is 102 cm³/mol. The summed E-state index contributed by atoms with van der Waals surface area (Å²) in [6.07, 6.45) is 5.30. The van der Waals surface area contributed by atoms with E-state index >= 15 is 0 Å². The van der Waals surface area contributed by atoms with E-state index in [0.29, 0.717) is 11.0 Å². The lowest BCUT2D eigenvalue weighted by Crippen LogP contribution is -2.22. The van der Waals surface area contributed by atoms with Gasteiger partial charge in [-0.05, 0) is 37.8 Å².